The molecule has 0 aromatic rings. The SMILES string of the molecule is N#C[CH]C(=O)O. The van der Waals surface area contributed by atoms with Crippen LogP contribution in [0.15, 0.2) is 0 Å². The Bertz CT molecular complexity index is 91.5. The molecule has 0 atom stereocenters. The average molecular weight is 84.1 g/mol. The van der Waals surface area contributed by atoms with E-state index in [0.717, 1.165) is 0 Å². The van der Waals surface area contributed by atoms with Gasteiger partial charge in [0.25, 0.3) is 0 Å². The summed E-state index contributed by atoms with van der Waals surface area (Å²) in [6, 6.07) is 1.34. The van der Waals surface area contributed by atoms with Crippen molar-refractivity contribution in [1.82, 2.24) is 0 Å². The fourth-order valence-corrected chi connectivity index (χ4v) is 0.0552. The highest BCUT2D eigenvalue weighted by molar-refractivity contribution is 5.79. The van der Waals surface area contributed by atoms with E-state index in [9.17, 15) is 4.79 Å². The molecule has 0 amide bonds. The van der Waals surface area contributed by atoms with Crippen LogP contribution in [-0.2, 0) is 4.79 Å². The van der Waals surface area contributed by atoms with Gasteiger partial charge in [0.1, 0.15) is 0 Å². The molecule has 1 radical (unpaired) electrons. The quantitative estimate of drug-likeness (QED) is 0.478. The number of nitriles is 1. The van der Waals surface area contributed by atoms with Gasteiger partial charge in [-0.15, -0.1) is 0 Å². The van der Waals surface area contributed by atoms with Gasteiger partial charge >= 0.3 is 5.97 Å². The van der Waals surface area contributed by atoms with Gasteiger partial charge in [0.05, 0.1) is 6.07 Å². The maximum absolute atomic E-state index is 9.32. The smallest absolute Gasteiger partial charge is 0.322 e. The van der Waals surface area contributed by atoms with Crippen LogP contribution in [0.1, 0.15) is 0 Å². The maximum atomic E-state index is 9.32. The zero-order valence-electron chi connectivity index (χ0n) is 2.88. The molecule has 0 rings (SSSR count). The molecule has 0 aliphatic heterocycles. The fraction of sp³-hybridized carbons (Fsp3) is 0. The molecular weight excluding hydrogens is 82.0 g/mol. The highest BCUT2D eigenvalue weighted by atomic mass is 16.4. The zero-order valence-corrected chi connectivity index (χ0v) is 2.88. The lowest BCUT2D eigenvalue weighted by atomic mass is 10.5. The molecule has 0 aliphatic rings. The third kappa shape index (κ3) is 2.96. The Morgan fingerprint density at radius 1 is 2.00 bits per heavy atom. The first-order valence-corrected chi connectivity index (χ1v) is 1.23. The van der Waals surface area contributed by atoms with Crippen molar-refractivity contribution in [3.63, 3.8) is 0 Å². The van der Waals surface area contributed by atoms with Gasteiger partial charge in [-0.2, -0.15) is 5.26 Å². The molecule has 0 bridgehead atoms. The van der Waals surface area contributed by atoms with E-state index < -0.39 is 5.97 Å². The molecule has 0 saturated carbocycles. The number of hydrogen-bond acceptors (Lipinski definition) is 2. The van der Waals surface area contributed by atoms with Crippen molar-refractivity contribution in [2.75, 3.05) is 0 Å². The van der Waals surface area contributed by atoms with Crippen LogP contribution in [0.2, 0.25) is 0 Å². The summed E-state index contributed by atoms with van der Waals surface area (Å²) in [5.74, 6) is -1.20. The van der Waals surface area contributed by atoms with Crippen molar-refractivity contribution in [1.29, 1.82) is 5.26 Å². The largest absolute Gasteiger partial charge is 0.480 e. The number of aliphatic carboxylic acids is 1. The lowest BCUT2D eigenvalue weighted by Gasteiger charge is -1.68. The molecule has 3 nitrogen and oxygen atoms in total. The van der Waals surface area contributed by atoms with Gasteiger partial charge in [-0.05, 0) is 0 Å². The maximum Gasteiger partial charge on any atom is 0.322 e. The molecule has 0 aromatic carbocycles. The van der Waals surface area contributed by atoms with Gasteiger partial charge in [-0.3, -0.25) is 4.79 Å². The normalized spacial score (nSPS) is 6.50. The van der Waals surface area contributed by atoms with Crippen molar-refractivity contribution in [3.05, 3.63) is 6.42 Å². The van der Waals surface area contributed by atoms with Crippen molar-refractivity contribution < 1.29 is 9.90 Å². The molecule has 0 fully saturated rings. The molecule has 0 aliphatic carbocycles. The van der Waals surface area contributed by atoms with E-state index in [4.69, 9.17) is 10.4 Å². The Morgan fingerprint density at radius 3 is 2.50 bits per heavy atom. The first-order valence-electron chi connectivity index (χ1n) is 1.23. The second-order valence-corrected chi connectivity index (χ2v) is 0.612. The van der Waals surface area contributed by atoms with Crippen LogP contribution in [0.3, 0.4) is 0 Å². The molecule has 31 valence electrons. The summed E-state index contributed by atoms with van der Waals surface area (Å²) in [5.41, 5.74) is 0. The Kier molecular flexibility index (Phi) is 1.83. The highest BCUT2D eigenvalue weighted by Crippen LogP contribution is 1.65. The van der Waals surface area contributed by atoms with E-state index in [-0.39, 0.29) is 0 Å². The third-order valence-electron chi connectivity index (χ3n) is 0.188. The third-order valence-corrected chi connectivity index (χ3v) is 0.188. The highest BCUT2D eigenvalue weighted by Gasteiger charge is 1.89. The molecule has 0 aromatic heterocycles. The van der Waals surface area contributed by atoms with Gasteiger partial charge < -0.3 is 5.11 Å². The van der Waals surface area contributed by atoms with Crippen LogP contribution in [0.4, 0.5) is 0 Å². The summed E-state index contributed by atoms with van der Waals surface area (Å²) in [7, 11) is 0. The molecule has 0 heterocycles. The first-order chi connectivity index (χ1) is 2.77. The summed E-state index contributed by atoms with van der Waals surface area (Å²) in [5, 5.41) is 15.2. The summed E-state index contributed by atoms with van der Waals surface area (Å²) in [6.45, 7) is 0. The number of rotatable bonds is 1. The summed E-state index contributed by atoms with van der Waals surface area (Å²) in [6.07, 6.45) is 0.514. The molecule has 6 heavy (non-hydrogen) atoms. The minimum Gasteiger partial charge on any atom is -0.480 e. The van der Waals surface area contributed by atoms with Gasteiger partial charge in [0.15, 0.2) is 6.42 Å². The zero-order chi connectivity index (χ0) is 4.99. The Hall–Kier alpha value is -1.04. The van der Waals surface area contributed by atoms with Gasteiger partial charge in [-0.1, -0.05) is 0 Å². The van der Waals surface area contributed by atoms with E-state index in [1.807, 2.05) is 0 Å². The van der Waals surface area contributed by atoms with Crippen LogP contribution < -0.4 is 0 Å². The summed E-state index contributed by atoms with van der Waals surface area (Å²) < 4.78 is 0. The van der Waals surface area contributed by atoms with E-state index in [1.54, 1.807) is 0 Å². The molecule has 0 saturated heterocycles. The van der Waals surface area contributed by atoms with Gasteiger partial charge in [-0.25, -0.2) is 0 Å². The Morgan fingerprint density at radius 2 is 2.50 bits per heavy atom. The van der Waals surface area contributed by atoms with Gasteiger partial charge in [0, 0.05) is 0 Å². The Balaban J connectivity index is 3.13. The van der Waals surface area contributed by atoms with Crippen molar-refractivity contribution in [2.45, 2.75) is 0 Å². The molecule has 0 spiro atoms. The van der Waals surface area contributed by atoms with E-state index in [1.165, 1.54) is 6.07 Å². The lowest BCUT2D eigenvalue weighted by Crippen LogP contribution is -1.90. The molecule has 0 unspecified atom stereocenters. The van der Waals surface area contributed by atoms with E-state index >= 15 is 0 Å². The van der Waals surface area contributed by atoms with Crippen LogP contribution in [0, 0.1) is 17.8 Å². The summed E-state index contributed by atoms with van der Waals surface area (Å²) in [4.78, 5) is 9.32. The number of hydrogen-bond donors (Lipinski definition) is 1. The topological polar surface area (TPSA) is 61.1 Å². The lowest BCUT2D eigenvalue weighted by molar-refractivity contribution is -0.132. The van der Waals surface area contributed by atoms with E-state index in [0.29, 0.717) is 6.42 Å². The number of carbonyl (C=O) groups is 1. The monoisotopic (exact) mass is 84.0 g/mol. The predicted octanol–water partition coefficient (Wildman–Crippen LogP) is -0.201. The predicted molar refractivity (Wildman–Crippen MR) is 17.5 cm³/mol. The second kappa shape index (κ2) is 2.21. The Labute approximate surface area is 34.8 Å². The molecular formula is C3H2NO2. The van der Waals surface area contributed by atoms with Crippen LogP contribution in [0.25, 0.3) is 0 Å². The fourth-order valence-electron chi connectivity index (χ4n) is 0.0552. The van der Waals surface area contributed by atoms with Crippen LogP contribution in [0.5, 0.6) is 0 Å². The standard InChI is InChI=1S/C3H2NO2/c4-2-1-3(5)6/h1H,(H,5,6). The molecule has 3 heteroatoms. The minimum atomic E-state index is -1.20. The van der Waals surface area contributed by atoms with Crippen LogP contribution in [-0.4, -0.2) is 11.1 Å². The van der Waals surface area contributed by atoms with Crippen molar-refractivity contribution in [2.24, 2.45) is 0 Å². The first kappa shape index (κ1) is 4.96. The van der Waals surface area contributed by atoms with E-state index in [2.05, 4.69) is 0 Å². The minimum absolute atomic E-state index is 0.514. The average Bonchev–Trinajstić information content (AvgIpc) is 1.35. The molecule has 1 N–H and O–H groups in total. The number of carboxylic acid groups (broad SMARTS) is 1. The number of nitrogens with zero attached hydrogens (tertiary/aromatic N) is 1. The summed E-state index contributed by atoms with van der Waals surface area (Å²) >= 11 is 0. The van der Waals surface area contributed by atoms with Crippen LogP contribution >= 0.6 is 0 Å². The van der Waals surface area contributed by atoms with Crippen molar-refractivity contribution in [3.8, 4) is 6.07 Å². The number of carboxylic acids is 1. The second-order valence-electron chi connectivity index (χ2n) is 0.612. The van der Waals surface area contributed by atoms with Crippen molar-refractivity contribution >= 4 is 5.97 Å². The van der Waals surface area contributed by atoms with Gasteiger partial charge in [0.2, 0.25) is 0 Å².